The van der Waals surface area contributed by atoms with Crippen molar-refractivity contribution in [3.05, 3.63) is 26.6 Å². The molecule has 0 saturated heterocycles. The number of halogens is 2. The maximum atomic E-state index is 11.0. The van der Waals surface area contributed by atoms with Gasteiger partial charge in [-0.25, -0.2) is 8.42 Å². The Morgan fingerprint density at radius 1 is 1.26 bits per heavy atom. The average molecular weight is 415 g/mol. The van der Waals surface area contributed by atoms with E-state index in [9.17, 15) is 8.42 Å². The van der Waals surface area contributed by atoms with Crippen LogP contribution in [0.2, 0.25) is 0 Å². The van der Waals surface area contributed by atoms with Gasteiger partial charge in [-0.2, -0.15) is 0 Å². The summed E-state index contributed by atoms with van der Waals surface area (Å²) in [6, 6.07) is 3.92. The van der Waals surface area contributed by atoms with Gasteiger partial charge in [0.2, 0.25) is 0 Å². The standard InChI is InChI=1S/C12H17Br2NO3S/c1-19(16,17)6-2-5-18-12-10(13)7-9(3-4-15)8-11(12)14/h7-8H,2-6,15H2,1H3. The van der Waals surface area contributed by atoms with Crippen LogP contribution in [0.1, 0.15) is 12.0 Å². The Hall–Kier alpha value is -0.110. The van der Waals surface area contributed by atoms with Crippen molar-refractivity contribution in [2.24, 2.45) is 5.73 Å². The molecular formula is C12H17Br2NO3S. The molecule has 0 spiro atoms. The molecule has 0 saturated carbocycles. The number of sulfone groups is 1. The molecule has 4 nitrogen and oxygen atoms in total. The monoisotopic (exact) mass is 413 g/mol. The molecule has 19 heavy (non-hydrogen) atoms. The summed E-state index contributed by atoms with van der Waals surface area (Å²) in [6.45, 7) is 0.952. The highest BCUT2D eigenvalue weighted by Crippen LogP contribution is 2.35. The van der Waals surface area contributed by atoms with Crippen molar-refractivity contribution in [2.45, 2.75) is 12.8 Å². The highest BCUT2D eigenvalue weighted by atomic mass is 79.9. The minimum absolute atomic E-state index is 0.132. The molecule has 108 valence electrons. The van der Waals surface area contributed by atoms with Gasteiger partial charge >= 0.3 is 0 Å². The number of hydrogen-bond acceptors (Lipinski definition) is 4. The predicted molar refractivity (Wildman–Crippen MR) is 84.4 cm³/mol. The molecule has 1 rings (SSSR count). The normalized spacial score (nSPS) is 11.6. The van der Waals surface area contributed by atoms with Gasteiger partial charge in [-0.1, -0.05) is 0 Å². The molecule has 0 heterocycles. The predicted octanol–water partition coefficient (Wildman–Crippen LogP) is 2.53. The van der Waals surface area contributed by atoms with E-state index in [0.29, 0.717) is 25.3 Å². The molecule has 0 bridgehead atoms. The zero-order valence-corrected chi connectivity index (χ0v) is 14.6. The van der Waals surface area contributed by atoms with Crippen molar-refractivity contribution < 1.29 is 13.2 Å². The van der Waals surface area contributed by atoms with Gasteiger partial charge in [0.25, 0.3) is 0 Å². The van der Waals surface area contributed by atoms with Gasteiger partial charge in [0, 0.05) is 6.26 Å². The van der Waals surface area contributed by atoms with Gasteiger partial charge in [0.15, 0.2) is 0 Å². The van der Waals surface area contributed by atoms with Crippen LogP contribution in [0.25, 0.3) is 0 Å². The van der Waals surface area contributed by atoms with Crippen molar-refractivity contribution in [1.82, 2.24) is 0 Å². The summed E-state index contributed by atoms with van der Waals surface area (Å²) >= 11 is 6.89. The highest BCUT2D eigenvalue weighted by Gasteiger charge is 2.09. The summed E-state index contributed by atoms with van der Waals surface area (Å²) in [7, 11) is -2.93. The first-order valence-corrected chi connectivity index (χ1v) is 9.46. The molecule has 0 aliphatic heterocycles. The number of ether oxygens (including phenoxy) is 1. The molecule has 0 amide bonds. The van der Waals surface area contributed by atoms with E-state index < -0.39 is 9.84 Å². The first kappa shape index (κ1) is 16.9. The van der Waals surface area contributed by atoms with Crippen molar-refractivity contribution >= 4 is 41.7 Å². The maximum absolute atomic E-state index is 11.0. The minimum Gasteiger partial charge on any atom is -0.491 e. The van der Waals surface area contributed by atoms with Crippen molar-refractivity contribution in [3.63, 3.8) is 0 Å². The van der Waals surface area contributed by atoms with Crippen LogP contribution in [-0.4, -0.2) is 33.6 Å². The third-order valence-corrected chi connectivity index (χ3v) is 4.61. The summed E-state index contributed by atoms with van der Waals surface area (Å²) in [5.74, 6) is 0.822. The lowest BCUT2D eigenvalue weighted by molar-refractivity contribution is 0.314. The summed E-state index contributed by atoms with van der Waals surface area (Å²) < 4.78 is 29.3. The molecule has 0 unspecified atom stereocenters. The third-order valence-electron chi connectivity index (χ3n) is 2.40. The van der Waals surface area contributed by atoms with E-state index in [1.165, 1.54) is 6.26 Å². The van der Waals surface area contributed by atoms with Crippen molar-refractivity contribution in [1.29, 1.82) is 0 Å². The Labute approximate surface area is 130 Å². The molecule has 0 aliphatic rings. The first-order chi connectivity index (χ1) is 8.83. The summed E-state index contributed by atoms with van der Waals surface area (Å²) in [6.07, 6.45) is 2.49. The molecule has 0 aliphatic carbocycles. The Balaban J connectivity index is 2.64. The minimum atomic E-state index is -2.93. The fourth-order valence-electron chi connectivity index (χ4n) is 1.56. The summed E-state index contributed by atoms with van der Waals surface area (Å²) in [5.41, 5.74) is 6.63. The van der Waals surface area contributed by atoms with Crippen LogP contribution in [0.15, 0.2) is 21.1 Å². The van der Waals surface area contributed by atoms with E-state index in [2.05, 4.69) is 31.9 Å². The van der Waals surface area contributed by atoms with Crippen LogP contribution in [0.3, 0.4) is 0 Å². The second-order valence-corrected chi connectivity index (χ2v) is 8.23. The second-order valence-electron chi connectivity index (χ2n) is 4.26. The van der Waals surface area contributed by atoms with Gasteiger partial charge in [-0.3, -0.25) is 0 Å². The van der Waals surface area contributed by atoms with E-state index in [-0.39, 0.29) is 5.75 Å². The lowest BCUT2D eigenvalue weighted by Crippen LogP contribution is -2.08. The van der Waals surface area contributed by atoms with Gasteiger partial charge in [-0.05, 0) is 68.9 Å². The van der Waals surface area contributed by atoms with Gasteiger partial charge < -0.3 is 10.5 Å². The largest absolute Gasteiger partial charge is 0.491 e. The molecule has 7 heteroatoms. The lowest BCUT2D eigenvalue weighted by Gasteiger charge is -2.12. The Morgan fingerprint density at radius 3 is 2.32 bits per heavy atom. The smallest absolute Gasteiger partial charge is 0.147 e. The highest BCUT2D eigenvalue weighted by molar-refractivity contribution is 9.11. The van der Waals surface area contributed by atoms with Crippen LogP contribution in [0, 0.1) is 0 Å². The van der Waals surface area contributed by atoms with Crippen LogP contribution in [0.4, 0.5) is 0 Å². The van der Waals surface area contributed by atoms with Crippen molar-refractivity contribution in [2.75, 3.05) is 25.2 Å². The SMILES string of the molecule is CS(=O)(=O)CCCOc1c(Br)cc(CCN)cc1Br. The van der Waals surface area contributed by atoms with Gasteiger partial charge in [0.1, 0.15) is 15.6 Å². The average Bonchev–Trinajstić information content (AvgIpc) is 2.26. The fraction of sp³-hybridized carbons (Fsp3) is 0.500. The Kier molecular flexibility index (Phi) is 6.79. The maximum Gasteiger partial charge on any atom is 0.147 e. The number of benzene rings is 1. The summed E-state index contributed by atoms with van der Waals surface area (Å²) in [4.78, 5) is 0. The lowest BCUT2D eigenvalue weighted by atomic mass is 10.1. The van der Waals surface area contributed by atoms with E-state index in [4.69, 9.17) is 10.5 Å². The zero-order chi connectivity index (χ0) is 14.5. The fourth-order valence-corrected chi connectivity index (χ4v) is 3.71. The zero-order valence-electron chi connectivity index (χ0n) is 10.7. The van der Waals surface area contributed by atoms with E-state index in [1.807, 2.05) is 12.1 Å². The van der Waals surface area contributed by atoms with Crippen LogP contribution in [-0.2, 0) is 16.3 Å². The molecule has 2 N–H and O–H groups in total. The first-order valence-electron chi connectivity index (χ1n) is 5.82. The van der Waals surface area contributed by atoms with Gasteiger partial charge in [0.05, 0.1) is 21.3 Å². The molecule has 0 aromatic heterocycles. The summed E-state index contributed by atoms with van der Waals surface area (Å²) in [5, 5.41) is 0. The van der Waals surface area contributed by atoms with E-state index in [0.717, 1.165) is 20.9 Å². The van der Waals surface area contributed by atoms with Gasteiger partial charge in [-0.15, -0.1) is 0 Å². The quantitative estimate of drug-likeness (QED) is 0.696. The number of nitrogens with two attached hydrogens (primary N) is 1. The van der Waals surface area contributed by atoms with Crippen LogP contribution in [0.5, 0.6) is 5.75 Å². The van der Waals surface area contributed by atoms with E-state index >= 15 is 0 Å². The Bertz CT molecular complexity index is 509. The molecular weight excluding hydrogens is 398 g/mol. The van der Waals surface area contributed by atoms with Crippen LogP contribution >= 0.6 is 31.9 Å². The second kappa shape index (κ2) is 7.61. The van der Waals surface area contributed by atoms with E-state index in [1.54, 1.807) is 0 Å². The molecule has 1 aromatic rings. The molecule has 1 aromatic carbocycles. The van der Waals surface area contributed by atoms with Crippen molar-refractivity contribution in [3.8, 4) is 5.75 Å². The topological polar surface area (TPSA) is 69.4 Å². The molecule has 0 radical (unpaired) electrons. The van der Waals surface area contributed by atoms with Crippen LogP contribution < -0.4 is 10.5 Å². The Morgan fingerprint density at radius 2 is 1.84 bits per heavy atom. The number of hydrogen-bond donors (Lipinski definition) is 1. The molecule has 0 fully saturated rings. The molecule has 0 atom stereocenters. The third kappa shape index (κ3) is 6.25. The number of rotatable bonds is 7.